The summed E-state index contributed by atoms with van der Waals surface area (Å²) in [5.41, 5.74) is 2.75. The fourth-order valence-electron chi connectivity index (χ4n) is 1.57. The largest absolute Gasteiger partial charge is 0.302 e. The first-order valence-corrected chi connectivity index (χ1v) is 4.02. The fraction of sp³-hybridized carbons (Fsp3) is 0.400. The number of rotatable bonds is 0. The van der Waals surface area contributed by atoms with Gasteiger partial charge in [-0.3, -0.25) is 0 Å². The molecule has 58 valence electrons. The molecule has 1 aromatic carbocycles. The summed E-state index contributed by atoms with van der Waals surface area (Å²) in [6.45, 7) is 2.15. The normalized spacial score (nSPS) is 19.2. The van der Waals surface area contributed by atoms with Crippen molar-refractivity contribution in [3.8, 4) is 0 Å². The lowest BCUT2D eigenvalue weighted by Crippen LogP contribution is -2.26. The quantitative estimate of drug-likeness (QED) is 0.541. The zero-order valence-electron chi connectivity index (χ0n) is 7.80. The van der Waals surface area contributed by atoms with Crippen LogP contribution in [0.4, 0.5) is 0 Å². The summed E-state index contributed by atoms with van der Waals surface area (Å²) >= 11 is 0. The molecule has 0 aliphatic carbocycles. The highest BCUT2D eigenvalue weighted by Crippen LogP contribution is 2.16. The number of benzene rings is 1. The Hall–Kier alpha value is -0.820. The number of hydrogen-bond acceptors (Lipinski definition) is 1. The number of likely N-dealkylation sites (N-methyl/N-ethyl adjacent to an activating group) is 1. The van der Waals surface area contributed by atoms with Crippen LogP contribution >= 0.6 is 0 Å². The topological polar surface area (TPSA) is 3.24 Å². The van der Waals surface area contributed by atoms with Crippen LogP contribution in [-0.2, 0) is 13.0 Å². The zero-order valence-corrected chi connectivity index (χ0v) is 6.80. The van der Waals surface area contributed by atoms with Crippen LogP contribution in [0.2, 0.25) is 0 Å². The Morgan fingerprint density at radius 2 is 2.36 bits per heavy atom. The average molecular weight is 148 g/mol. The van der Waals surface area contributed by atoms with Crippen LogP contribution in [0.25, 0.3) is 0 Å². The van der Waals surface area contributed by atoms with E-state index in [1.165, 1.54) is 11.1 Å². The highest BCUT2D eigenvalue weighted by Gasteiger charge is 2.10. The van der Waals surface area contributed by atoms with E-state index in [0.717, 1.165) is 19.5 Å². The van der Waals surface area contributed by atoms with Gasteiger partial charge in [0.1, 0.15) is 0 Å². The van der Waals surface area contributed by atoms with Crippen LogP contribution < -0.4 is 0 Å². The molecule has 0 saturated carbocycles. The second kappa shape index (κ2) is 2.67. The second-order valence-corrected chi connectivity index (χ2v) is 3.18. The third-order valence-electron chi connectivity index (χ3n) is 2.25. The smallest absolute Gasteiger partial charge is 0.0623 e. The van der Waals surface area contributed by atoms with Crippen molar-refractivity contribution in [2.45, 2.75) is 13.0 Å². The molecule has 0 fully saturated rings. The molecule has 1 aliphatic rings. The first-order chi connectivity index (χ1) is 5.75. The Labute approximate surface area is 69.1 Å². The maximum Gasteiger partial charge on any atom is 0.0623 e. The molecule has 0 N–H and O–H groups in total. The van der Waals surface area contributed by atoms with Crippen molar-refractivity contribution in [1.29, 1.82) is 0 Å². The standard InChI is InChI=1S/C10H13N/c1-11-7-6-9-4-2-3-5-10(9)8-11/h2-5H,6-8H2,1H3/i3D. The van der Waals surface area contributed by atoms with Crippen molar-refractivity contribution in [2.24, 2.45) is 0 Å². The Morgan fingerprint density at radius 3 is 3.27 bits per heavy atom. The molecule has 0 radical (unpaired) electrons. The Balaban J connectivity index is 2.37. The predicted octanol–water partition coefficient (Wildman–Crippen LogP) is 1.67. The lowest BCUT2D eigenvalue weighted by Gasteiger charge is -2.24. The fourth-order valence-corrected chi connectivity index (χ4v) is 1.57. The van der Waals surface area contributed by atoms with Crippen LogP contribution in [-0.4, -0.2) is 18.5 Å². The molecule has 0 atom stereocenters. The molecular formula is C10H13N. The molecule has 1 nitrogen and oxygen atoms in total. The molecule has 0 aromatic heterocycles. The molecule has 1 aromatic rings. The molecule has 2 rings (SSSR count). The van der Waals surface area contributed by atoms with Crippen LogP contribution in [0.5, 0.6) is 0 Å². The Morgan fingerprint density at radius 1 is 1.45 bits per heavy atom. The summed E-state index contributed by atoms with van der Waals surface area (Å²) in [6.07, 6.45) is 1.13. The van der Waals surface area contributed by atoms with Gasteiger partial charge in [0.25, 0.3) is 0 Å². The third-order valence-corrected chi connectivity index (χ3v) is 2.25. The number of nitrogens with zero attached hydrogens (tertiary/aromatic N) is 1. The van der Waals surface area contributed by atoms with E-state index in [0.29, 0.717) is 6.04 Å². The SMILES string of the molecule is [2H]c1ccc2c(c1)CN(C)CC2. The summed E-state index contributed by atoms with van der Waals surface area (Å²) < 4.78 is 7.48. The predicted molar refractivity (Wildman–Crippen MR) is 46.5 cm³/mol. The van der Waals surface area contributed by atoms with E-state index in [1.54, 1.807) is 0 Å². The van der Waals surface area contributed by atoms with E-state index >= 15 is 0 Å². The molecule has 11 heavy (non-hydrogen) atoms. The van der Waals surface area contributed by atoms with Crippen LogP contribution in [0.1, 0.15) is 12.5 Å². The monoisotopic (exact) mass is 148 g/mol. The minimum atomic E-state index is 0.629. The van der Waals surface area contributed by atoms with Crippen molar-refractivity contribution >= 4 is 0 Å². The van der Waals surface area contributed by atoms with Crippen molar-refractivity contribution in [3.63, 3.8) is 0 Å². The highest BCUT2D eigenvalue weighted by atomic mass is 15.1. The average Bonchev–Trinajstić information content (AvgIpc) is 2.03. The minimum Gasteiger partial charge on any atom is -0.302 e. The van der Waals surface area contributed by atoms with Crippen LogP contribution in [0, 0.1) is 0 Å². The van der Waals surface area contributed by atoms with Gasteiger partial charge >= 0.3 is 0 Å². The van der Waals surface area contributed by atoms with Crippen LogP contribution in [0.3, 0.4) is 0 Å². The first kappa shape index (κ1) is 5.78. The van der Waals surface area contributed by atoms with Crippen LogP contribution in [0.15, 0.2) is 24.2 Å². The lowest BCUT2D eigenvalue weighted by molar-refractivity contribution is 0.313. The molecule has 0 bridgehead atoms. The first-order valence-electron chi connectivity index (χ1n) is 4.52. The molecule has 0 amide bonds. The number of fused-ring (bicyclic) bond motifs is 1. The highest BCUT2D eigenvalue weighted by molar-refractivity contribution is 5.28. The van der Waals surface area contributed by atoms with Gasteiger partial charge in [-0.15, -0.1) is 0 Å². The van der Waals surface area contributed by atoms with Crippen molar-refractivity contribution < 1.29 is 1.37 Å². The maximum atomic E-state index is 7.48. The second-order valence-electron chi connectivity index (χ2n) is 3.18. The molecule has 0 spiro atoms. The molecule has 0 saturated heterocycles. The lowest BCUT2D eigenvalue weighted by atomic mass is 10.0. The van der Waals surface area contributed by atoms with Crippen molar-refractivity contribution in [3.05, 3.63) is 35.4 Å². The summed E-state index contributed by atoms with van der Waals surface area (Å²) in [4.78, 5) is 2.29. The van der Waals surface area contributed by atoms with E-state index in [4.69, 9.17) is 1.37 Å². The van der Waals surface area contributed by atoms with Crippen molar-refractivity contribution in [1.82, 2.24) is 4.90 Å². The molecular weight excluding hydrogens is 134 g/mol. The van der Waals surface area contributed by atoms with Gasteiger partial charge in [0.15, 0.2) is 0 Å². The van der Waals surface area contributed by atoms with E-state index in [2.05, 4.69) is 18.0 Å². The molecule has 0 unspecified atom stereocenters. The summed E-state index contributed by atoms with van der Waals surface area (Å²) in [5.74, 6) is 0. The molecule has 1 aliphatic heterocycles. The van der Waals surface area contributed by atoms with E-state index in [-0.39, 0.29) is 0 Å². The van der Waals surface area contributed by atoms with Gasteiger partial charge in [0, 0.05) is 13.1 Å². The van der Waals surface area contributed by atoms with Gasteiger partial charge in [-0.25, -0.2) is 0 Å². The van der Waals surface area contributed by atoms with Crippen molar-refractivity contribution in [2.75, 3.05) is 13.6 Å². The summed E-state index contributed by atoms with van der Waals surface area (Å²) in [5, 5.41) is 0. The van der Waals surface area contributed by atoms with Gasteiger partial charge < -0.3 is 4.90 Å². The Bertz CT molecular complexity index is 296. The molecule has 1 heterocycles. The number of hydrogen-bond donors (Lipinski definition) is 0. The van der Waals surface area contributed by atoms with Gasteiger partial charge in [0.05, 0.1) is 1.37 Å². The maximum absolute atomic E-state index is 7.48. The van der Waals surface area contributed by atoms with E-state index in [1.807, 2.05) is 12.1 Å². The van der Waals surface area contributed by atoms with Gasteiger partial charge in [-0.2, -0.15) is 0 Å². The van der Waals surface area contributed by atoms with Gasteiger partial charge in [-0.1, -0.05) is 24.2 Å². The van der Waals surface area contributed by atoms with E-state index < -0.39 is 0 Å². The zero-order chi connectivity index (χ0) is 8.55. The van der Waals surface area contributed by atoms with Gasteiger partial charge in [0.2, 0.25) is 0 Å². The van der Waals surface area contributed by atoms with E-state index in [9.17, 15) is 0 Å². The summed E-state index contributed by atoms with van der Waals surface area (Å²) in [6, 6.07) is 6.57. The summed E-state index contributed by atoms with van der Waals surface area (Å²) in [7, 11) is 2.12. The Kier molecular flexibility index (Phi) is 1.40. The van der Waals surface area contributed by atoms with Gasteiger partial charge in [-0.05, 0) is 24.6 Å². The molecule has 1 heteroatoms. The minimum absolute atomic E-state index is 0.629. The third kappa shape index (κ3) is 1.29.